The highest BCUT2D eigenvalue weighted by atomic mass is 79.9. The molecule has 2 rings (SSSR count). The van der Waals surface area contributed by atoms with E-state index in [1.165, 1.54) is 15.3 Å². The molecular formula is C15H16BrClS. The number of hydrogen-bond donors (Lipinski definition) is 0. The van der Waals surface area contributed by atoms with Gasteiger partial charge in [-0.3, -0.25) is 0 Å². The molecule has 1 heterocycles. The molecule has 1 aromatic heterocycles. The van der Waals surface area contributed by atoms with Crippen LogP contribution in [-0.4, -0.2) is 5.33 Å². The second-order valence-electron chi connectivity index (χ2n) is 4.30. The van der Waals surface area contributed by atoms with Crippen LogP contribution < -0.4 is 0 Å². The minimum Gasteiger partial charge on any atom is -0.145 e. The maximum Gasteiger partial charge on any atom is 0.0441 e. The van der Waals surface area contributed by atoms with Crippen molar-refractivity contribution in [3.8, 4) is 0 Å². The molecule has 0 radical (unpaired) electrons. The fourth-order valence-electron chi connectivity index (χ4n) is 2.02. The van der Waals surface area contributed by atoms with Crippen molar-refractivity contribution in [2.45, 2.75) is 25.7 Å². The fraction of sp³-hybridized carbons (Fsp3) is 0.333. The third kappa shape index (κ3) is 3.37. The Balaban J connectivity index is 2.17. The van der Waals surface area contributed by atoms with E-state index in [0.717, 1.165) is 23.2 Å². The lowest BCUT2D eigenvalue weighted by Crippen LogP contribution is -2.04. The van der Waals surface area contributed by atoms with Crippen LogP contribution in [0.15, 0.2) is 36.4 Å². The van der Waals surface area contributed by atoms with E-state index < -0.39 is 0 Å². The monoisotopic (exact) mass is 342 g/mol. The van der Waals surface area contributed by atoms with E-state index in [1.54, 1.807) is 0 Å². The first-order valence-corrected chi connectivity index (χ1v) is 8.44. The van der Waals surface area contributed by atoms with Crippen LogP contribution in [0.3, 0.4) is 0 Å². The normalized spacial score (nSPS) is 12.6. The molecule has 0 fully saturated rings. The maximum absolute atomic E-state index is 6.28. The number of thiophene rings is 1. The van der Waals surface area contributed by atoms with E-state index in [0.29, 0.717) is 5.92 Å². The fourth-order valence-corrected chi connectivity index (χ4v) is 3.92. The summed E-state index contributed by atoms with van der Waals surface area (Å²) in [5.41, 5.74) is 1.24. The highest BCUT2D eigenvalue weighted by molar-refractivity contribution is 9.09. The van der Waals surface area contributed by atoms with Gasteiger partial charge in [-0.15, -0.1) is 11.3 Å². The summed E-state index contributed by atoms with van der Waals surface area (Å²) in [6, 6.07) is 12.6. The third-order valence-corrected chi connectivity index (χ3v) is 5.42. The van der Waals surface area contributed by atoms with Crippen molar-refractivity contribution in [2.24, 2.45) is 0 Å². The van der Waals surface area contributed by atoms with Gasteiger partial charge >= 0.3 is 0 Å². The molecule has 18 heavy (non-hydrogen) atoms. The average Bonchev–Trinajstić information content (AvgIpc) is 2.85. The van der Waals surface area contributed by atoms with Crippen molar-refractivity contribution in [2.75, 3.05) is 5.33 Å². The van der Waals surface area contributed by atoms with Crippen LogP contribution in [0.1, 0.15) is 28.2 Å². The number of alkyl halides is 1. The van der Waals surface area contributed by atoms with Gasteiger partial charge in [0.05, 0.1) is 0 Å². The first-order chi connectivity index (χ1) is 8.74. The van der Waals surface area contributed by atoms with Gasteiger partial charge in [0.2, 0.25) is 0 Å². The zero-order valence-corrected chi connectivity index (χ0v) is 13.5. The Hall–Kier alpha value is -0.310. The molecule has 0 bridgehead atoms. The van der Waals surface area contributed by atoms with E-state index in [1.807, 2.05) is 23.5 Å². The number of halogens is 2. The van der Waals surface area contributed by atoms with Gasteiger partial charge < -0.3 is 0 Å². The molecule has 0 aliphatic heterocycles. The Morgan fingerprint density at radius 2 is 1.89 bits per heavy atom. The van der Waals surface area contributed by atoms with Crippen LogP contribution in [0, 0.1) is 0 Å². The third-order valence-electron chi connectivity index (χ3n) is 3.04. The maximum atomic E-state index is 6.28. The molecule has 0 saturated carbocycles. The lowest BCUT2D eigenvalue weighted by Gasteiger charge is -2.15. The first kappa shape index (κ1) is 14.1. The molecule has 1 aromatic carbocycles. The Labute approximate surface area is 126 Å². The molecule has 1 unspecified atom stereocenters. The lowest BCUT2D eigenvalue weighted by atomic mass is 9.97. The second-order valence-corrected chi connectivity index (χ2v) is 6.61. The molecule has 0 nitrogen and oxygen atoms in total. The summed E-state index contributed by atoms with van der Waals surface area (Å²) in [5.74, 6) is 0.446. The van der Waals surface area contributed by atoms with Crippen molar-refractivity contribution in [3.05, 3.63) is 56.7 Å². The molecule has 96 valence electrons. The largest absolute Gasteiger partial charge is 0.145 e. The van der Waals surface area contributed by atoms with Crippen molar-refractivity contribution in [3.63, 3.8) is 0 Å². The van der Waals surface area contributed by atoms with E-state index in [9.17, 15) is 0 Å². The minimum absolute atomic E-state index is 0.446. The van der Waals surface area contributed by atoms with Crippen molar-refractivity contribution < 1.29 is 0 Å². The molecule has 0 saturated heterocycles. The van der Waals surface area contributed by atoms with Gasteiger partial charge in [-0.2, -0.15) is 0 Å². The summed E-state index contributed by atoms with van der Waals surface area (Å²) >= 11 is 11.8. The first-order valence-electron chi connectivity index (χ1n) is 6.12. The van der Waals surface area contributed by atoms with Crippen molar-refractivity contribution in [1.82, 2.24) is 0 Å². The van der Waals surface area contributed by atoms with Gasteiger partial charge in [0, 0.05) is 20.1 Å². The van der Waals surface area contributed by atoms with Gasteiger partial charge in [0.15, 0.2) is 0 Å². The van der Waals surface area contributed by atoms with Crippen LogP contribution in [0.5, 0.6) is 0 Å². The Morgan fingerprint density at radius 3 is 2.50 bits per heavy atom. The van der Waals surface area contributed by atoms with E-state index in [2.05, 4.69) is 47.1 Å². The zero-order valence-electron chi connectivity index (χ0n) is 10.3. The Bertz CT molecular complexity index is 507. The molecule has 0 spiro atoms. The number of benzene rings is 1. The van der Waals surface area contributed by atoms with Gasteiger partial charge in [0.1, 0.15) is 0 Å². The van der Waals surface area contributed by atoms with E-state index in [-0.39, 0.29) is 0 Å². The smallest absolute Gasteiger partial charge is 0.0441 e. The zero-order chi connectivity index (χ0) is 13.0. The van der Waals surface area contributed by atoms with Crippen LogP contribution in [0.25, 0.3) is 0 Å². The molecule has 0 amide bonds. The van der Waals surface area contributed by atoms with Crippen molar-refractivity contribution >= 4 is 38.9 Å². The van der Waals surface area contributed by atoms with E-state index >= 15 is 0 Å². The van der Waals surface area contributed by atoms with Crippen LogP contribution in [0.4, 0.5) is 0 Å². The summed E-state index contributed by atoms with van der Waals surface area (Å²) in [5, 5.41) is 1.81. The Kier molecular flexibility index (Phi) is 5.28. The molecule has 0 aliphatic rings. The summed E-state index contributed by atoms with van der Waals surface area (Å²) in [6.07, 6.45) is 2.18. The predicted molar refractivity (Wildman–Crippen MR) is 85.4 cm³/mol. The molecule has 2 aromatic rings. The summed E-state index contributed by atoms with van der Waals surface area (Å²) in [7, 11) is 0. The standard InChI is InChI=1S/C15H16BrClS/c1-2-12-7-8-13(18-12)9-11(10-16)14-5-3-4-6-15(14)17/h3-8,11H,2,9-10H2,1H3. The van der Waals surface area contributed by atoms with Crippen LogP contribution in [-0.2, 0) is 12.8 Å². The number of rotatable bonds is 5. The molecule has 1 atom stereocenters. The SMILES string of the molecule is CCc1ccc(CC(CBr)c2ccccc2Cl)s1. The number of aryl methyl sites for hydroxylation is 1. The highest BCUT2D eigenvalue weighted by Gasteiger charge is 2.15. The van der Waals surface area contributed by atoms with Gasteiger partial charge in [-0.1, -0.05) is 52.7 Å². The highest BCUT2D eigenvalue weighted by Crippen LogP contribution is 2.31. The number of hydrogen-bond acceptors (Lipinski definition) is 1. The van der Waals surface area contributed by atoms with Gasteiger partial charge in [0.25, 0.3) is 0 Å². The van der Waals surface area contributed by atoms with E-state index in [4.69, 9.17) is 11.6 Å². The average molecular weight is 344 g/mol. The molecule has 0 N–H and O–H groups in total. The predicted octanol–water partition coefficient (Wildman–Crippen LogP) is 5.69. The molecule has 0 aliphatic carbocycles. The summed E-state index contributed by atoms with van der Waals surface area (Å²) in [4.78, 5) is 2.90. The molecular weight excluding hydrogens is 328 g/mol. The topological polar surface area (TPSA) is 0 Å². The Morgan fingerprint density at radius 1 is 1.17 bits per heavy atom. The quantitative estimate of drug-likeness (QED) is 0.612. The van der Waals surface area contributed by atoms with Gasteiger partial charge in [-0.25, -0.2) is 0 Å². The summed E-state index contributed by atoms with van der Waals surface area (Å²) < 4.78 is 0. The molecule has 3 heteroatoms. The van der Waals surface area contributed by atoms with Crippen molar-refractivity contribution in [1.29, 1.82) is 0 Å². The summed E-state index contributed by atoms with van der Waals surface area (Å²) in [6.45, 7) is 2.20. The van der Waals surface area contributed by atoms with Crippen LogP contribution in [0.2, 0.25) is 5.02 Å². The van der Waals surface area contributed by atoms with Crippen LogP contribution >= 0.6 is 38.9 Å². The van der Waals surface area contributed by atoms with Gasteiger partial charge in [-0.05, 0) is 42.5 Å². The second kappa shape index (κ2) is 6.74. The lowest BCUT2D eigenvalue weighted by molar-refractivity contribution is 0.786. The minimum atomic E-state index is 0.446.